The summed E-state index contributed by atoms with van der Waals surface area (Å²) in [5.41, 5.74) is 8.40. The number of rotatable bonds is 4. The van der Waals surface area contributed by atoms with Gasteiger partial charge in [-0.25, -0.2) is 0 Å². The second kappa shape index (κ2) is 5.72. The summed E-state index contributed by atoms with van der Waals surface area (Å²) in [7, 11) is 0. The molecule has 0 radical (unpaired) electrons. The SMILES string of the molecule is CCOc1cc(N2CCC(C)(CC)CC2)ccc1N. The van der Waals surface area contributed by atoms with Crippen LogP contribution in [0.4, 0.5) is 11.4 Å². The van der Waals surface area contributed by atoms with Gasteiger partial charge in [-0.05, 0) is 37.3 Å². The first-order valence-corrected chi connectivity index (χ1v) is 7.35. The molecule has 1 aliphatic heterocycles. The number of nitrogens with zero attached hydrogens (tertiary/aromatic N) is 1. The van der Waals surface area contributed by atoms with E-state index >= 15 is 0 Å². The van der Waals surface area contributed by atoms with Gasteiger partial charge in [-0.1, -0.05) is 20.3 Å². The molecular formula is C16H26N2O. The monoisotopic (exact) mass is 262 g/mol. The molecule has 2 rings (SSSR count). The van der Waals surface area contributed by atoms with Gasteiger partial charge in [0.25, 0.3) is 0 Å². The van der Waals surface area contributed by atoms with Crippen LogP contribution in [0.15, 0.2) is 18.2 Å². The molecule has 1 fully saturated rings. The molecule has 106 valence electrons. The van der Waals surface area contributed by atoms with Crippen LogP contribution in [0.3, 0.4) is 0 Å². The Bertz CT molecular complexity index is 423. The van der Waals surface area contributed by atoms with Gasteiger partial charge in [0.15, 0.2) is 0 Å². The summed E-state index contributed by atoms with van der Waals surface area (Å²) in [6, 6.07) is 6.13. The zero-order valence-corrected chi connectivity index (χ0v) is 12.4. The van der Waals surface area contributed by atoms with Gasteiger partial charge in [0.05, 0.1) is 12.3 Å². The zero-order chi connectivity index (χ0) is 13.9. The van der Waals surface area contributed by atoms with E-state index in [1.54, 1.807) is 0 Å². The Balaban J connectivity index is 2.09. The van der Waals surface area contributed by atoms with Crippen LogP contribution in [0.25, 0.3) is 0 Å². The van der Waals surface area contributed by atoms with E-state index in [9.17, 15) is 0 Å². The smallest absolute Gasteiger partial charge is 0.144 e. The van der Waals surface area contributed by atoms with Crippen LogP contribution < -0.4 is 15.4 Å². The molecule has 0 bridgehead atoms. The molecule has 2 N–H and O–H groups in total. The standard InChI is InChI=1S/C16H26N2O/c1-4-16(3)8-10-18(11-9-16)13-6-7-14(17)15(12-13)19-5-2/h6-7,12H,4-5,8-11,17H2,1-3H3. The van der Waals surface area contributed by atoms with Crippen LogP contribution in [0.2, 0.25) is 0 Å². The molecular weight excluding hydrogens is 236 g/mol. The minimum absolute atomic E-state index is 0.521. The number of anilines is 2. The first kappa shape index (κ1) is 14.0. The maximum absolute atomic E-state index is 5.93. The summed E-state index contributed by atoms with van der Waals surface area (Å²) < 4.78 is 5.58. The number of ether oxygens (including phenoxy) is 1. The second-order valence-corrected chi connectivity index (χ2v) is 5.81. The van der Waals surface area contributed by atoms with Gasteiger partial charge in [-0.2, -0.15) is 0 Å². The second-order valence-electron chi connectivity index (χ2n) is 5.81. The molecule has 0 aromatic heterocycles. The fraction of sp³-hybridized carbons (Fsp3) is 0.625. The molecule has 0 spiro atoms. The van der Waals surface area contributed by atoms with Crippen LogP contribution in [-0.2, 0) is 0 Å². The average Bonchev–Trinajstić information content (AvgIpc) is 2.43. The van der Waals surface area contributed by atoms with Crippen molar-refractivity contribution in [2.75, 3.05) is 30.3 Å². The van der Waals surface area contributed by atoms with E-state index in [2.05, 4.69) is 30.9 Å². The van der Waals surface area contributed by atoms with Crippen molar-refractivity contribution in [1.82, 2.24) is 0 Å². The summed E-state index contributed by atoms with van der Waals surface area (Å²) in [6.07, 6.45) is 3.79. The minimum atomic E-state index is 0.521. The van der Waals surface area contributed by atoms with Crippen molar-refractivity contribution in [2.24, 2.45) is 5.41 Å². The molecule has 0 aliphatic carbocycles. The summed E-state index contributed by atoms with van der Waals surface area (Å²) in [6.45, 7) is 9.59. The van der Waals surface area contributed by atoms with Crippen molar-refractivity contribution in [3.8, 4) is 5.75 Å². The Morgan fingerprint density at radius 2 is 1.95 bits per heavy atom. The van der Waals surface area contributed by atoms with Gasteiger partial charge in [-0.15, -0.1) is 0 Å². The van der Waals surface area contributed by atoms with Crippen molar-refractivity contribution in [3.05, 3.63) is 18.2 Å². The van der Waals surface area contributed by atoms with Crippen LogP contribution in [0.1, 0.15) is 40.0 Å². The van der Waals surface area contributed by atoms with Crippen molar-refractivity contribution < 1.29 is 4.74 Å². The fourth-order valence-corrected chi connectivity index (χ4v) is 2.66. The van der Waals surface area contributed by atoms with Gasteiger partial charge in [-0.3, -0.25) is 0 Å². The van der Waals surface area contributed by atoms with Gasteiger partial charge >= 0.3 is 0 Å². The fourth-order valence-electron chi connectivity index (χ4n) is 2.66. The summed E-state index contributed by atoms with van der Waals surface area (Å²) in [5, 5.41) is 0. The average molecular weight is 262 g/mol. The van der Waals surface area contributed by atoms with Crippen LogP contribution >= 0.6 is 0 Å². The molecule has 3 heteroatoms. The van der Waals surface area contributed by atoms with Gasteiger partial charge in [0.2, 0.25) is 0 Å². The number of hydrogen-bond donors (Lipinski definition) is 1. The molecule has 0 amide bonds. The van der Waals surface area contributed by atoms with E-state index < -0.39 is 0 Å². The lowest BCUT2D eigenvalue weighted by Crippen LogP contribution is -2.38. The highest BCUT2D eigenvalue weighted by Gasteiger charge is 2.28. The van der Waals surface area contributed by atoms with Gasteiger partial charge < -0.3 is 15.4 Å². The maximum Gasteiger partial charge on any atom is 0.144 e. The van der Waals surface area contributed by atoms with Crippen molar-refractivity contribution in [3.63, 3.8) is 0 Å². The van der Waals surface area contributed by atoms with Crippen molar-refractivity contribution in [2.45, 2.75) is 40.0 Å². The number of nitrogens with two attached hydrogens (primary N) is 1. The molecule has 0 atom stereocenters. The summed E-state index contributed by atoms with van der Waals surface area (Å²) in [5.74, 6) is 0.809. The lowest BCUT2D eigenvalue weighted by molar-refractivity contribution is 0.238. The Kier molecular flexibility index (Phi) is 4.23. The number of nitrogen functional groups attached to an aromatic ring is 1. The highest BCUT2D eigenvalue weighted by atomic mass is 16.5. The highest BCUT2D eigenvalue weighted by molar-refractivity contribution is 5.62. The quantitative estimate of drug-likeness (QED) is 0.841. The molecule has 3 nitrogen and oxygen atoms in total. The molecule has 1 aliphatic rings. The highest BCUT2D eigenvalue weighted by Crippen LogP contribution is 2.37. The van der Waals surface area contributed by atoms with E-state index in [1.165, 1.54) is 24.9 Å². The van der Waals surface area contributed by atoms with E-state index in [4.69, 9.17) is 10.5 Å². The Morgan fingerprint density at radius 1 is 1.26 bits per heavy atom. The number of hydrogen-bond acceptors (Lipinski definition) is 3. The summed E-state index contributed by atoms with van der Waals surface area (Å²) in [4.78, 5) is 2.44. The van der Waals surface area contributed by atoms with Gasteiger partial charge in [0.1, 0.15) is 5.75 Å². The first-order chi connectivity index (χ1) is 9.08. The van der Waals surface area contributed by atoms with Crippen LogP contribution in [-0.4, -0.2) is 19.7 Å². The van der Waals surface area contributed by atoms with E-state index in [1.807, 2.05) is 13.0 Å². The molecule has 19 heavy (non-hydrogen) atoms. The molecule has 1 heterocycles. The molecule has 0 saturated carbocycles. The van der Waals surface area contributed by atoms with Crippen molar-refractivity contribution in [1.29, 1.82) is 0 Å². The van der Waals surface area contributed by atoms with E-state index in [0.717, 1.165) is 24.5 Å². The van der Waals surface area contributed by atoms with Crippen LogP contribution in [0, 0.1) is 5.41 Å². The predicted octanol–water partition coefficient (Wildman–Crippen LogP) is 3.68. The Hall–Kier alpha value is -1.38. The summed E-state index contributed by atoms with van der Waals surface area (Å²) >= 11 is 0. The molecule has 0 unspecified atom stereocenters. The maximum atomic E-state index is 5.93. The Morgan fingerprint density at radius 3 is 2.53 bits per heavy atom. The normalized spacial score (nSPS) is 18.4. The van der Waals surface area contributed by atoms with Crippen LogP contribution in [0.5, 0.6) is 5.75 Å². The topological polar surface area (TPSA) is 38.5 Å². The third kappa shape index (κ3) is 3.14. The zero-order valence-electron chi connectivity index (χ0n) is 12.4. The van der Waals surface area contributed by atoms with Crippen molar-refractivity contribution >= 4 is 11.4 Å². The van der Waals surface area contributed by atoms with E-state index in [0.29, 0.717) is 12.0 Å². The molecule has 1 aromatic carbocycles. The lowest BCUT2D eigenvalue weighted by atomic mass is 9.78. The largest absolute Gasteiger partial charge is 0.492 e. The number of benzene rings is 1. The molecule has 1 saturated heterocycles. The lowest BCUT2D eigenvalue weighted by Gasteiger charge is -2.40. The third-order valence-corrected chi connectivity index (χ3v) is 4.49. The van der Waals surface area contributed by atoms with E-state index in [-0.39, 0.29) is 0 Å². The first-order valence-electron chi connectivity index (χ1n) is 7.35. The predicted molar refractivity (Wildman–Crippen MR) is 81.9 cm³/mol. The van der Waals surface area contributed by atoms with Gasteiger partial charge in [0, 0.05) is 24.8 Å². The minimum Gasteiger partial charge on any atom is -0.492 e. The molecule has 1 aromatic rings. The third-order valence-electron chi connectivity index (χ3n) is 4.49. The number of piperidine rings is 1. The Labute approximate surface area is 116 Å².